The minimum absolute atomic E-state index is 0.0588. The molecule has 0 bridgehead atoms. The number of hydrogen-bond acceptors (Lipinski definition) is 2. The van der Waals surface area contributed by atoms with Gasteiger partial charge in [-0.2, -0.15) is 5.26 Å². The maximum Gasteiger partial charge on any atom is 0.0716 e. The van der Waals surface area contributed by atoms with Gasteiger partial charge in [0.25, 0.3) is 0 Å². The average molecular weight is 215 g/mol. The van der Waals surface area contributed by atoms with Crippen LogP contribution in [0.3, 0.4) is 0 Å². The highest BCUT2D eigenvalue weighted by Crippen LogP contribution is 2.43. The van der Waals surface area contributed by atoms with Crippen molar-refractivity contribution in [3.8, 4) is 6.07 Å². The predicted octanol–water partition coefficient (Wildman–Crippen LogP) is 3.29. The van der Waals surface area contributed by atoms with E-state index in [-0.39, 0.29) is 5.41 Å². The quantitative estimate of drug-likeness (QED) is 0.706. The molecule has 0 atom stereocenters. The maximum atomic E-state index is 9.05. The Morgan fingerprint density at radius 3 is 2.56 bits per heavy atom. The molecule has 0 N–H and O–H groups in total. The van der Waals surface area contributed by atoms with E-state index in [0.29, 0.717) is 13.2 Å². The van der Waals surface area contributed by atoms with Gasteiger partial charge in [-0.25, -0.2) is 0 Å². The molecular formula is C14H17NO. The van der Waals surface area contributed by atoms with E-state index in [2.05, 4.69) is 18.2 Å². The van der Waals surface area contributed by atoms with E-state index < -0.39 is 0 Å². The van der Waals surface area contributed by atoms with E-state index >= 15 is 0 Å². The molecule has 0 heterocycles. The summed E-state index contributed by atoms with van der Waals surface area (Å²) in [7, 11) is 0. The van der Waals surface area contributed by atoms with Gasteiger partial charge in [-0.3, -0.25) is 0 Å². The lowest BCUT2D eigenvalue weighted by atomic mass is 9.68. The lowest BCUT2D eigenvalue weighted by molar-refractivity contribution is 0.0728. The van der Waals surface area contributed by atoms with Gasteiger partial charge in [0, 0.05) is 6.61 Å². The molecule has 1 aromatic rings. The fourth-order valence-electron chi connectivity index (χ4n) is 2.05. The fourth-order valence-corrected chi connectivity index (χ4v) is 2.05. The van der Waals surface area contributed by atoms with E-state index in [9.17, 15) is 0 Å². The third-order valence-electron chi connectivity index (χ3n) is 3.38. The average Bonchev–Trinajstić information content (AvgIpc) is 2.29. The third-order valence-corrected chi connectivity index (χ3v) is 3.38. The highest BCUT2D eigenvalue weighted by molar-refractivity contribution is 5.13. The Kier molecular flexibility index (Phi) is 3.58. The maximum absolute atomic E-state index is 9.05. The summed E-state index contributed by atoms with van der Waals surface area (Å²) in [5.74, 6) is 0. The van der Waals surface area contributed by atoms with Gasteiger partial charge in [0.05, 0.1) is 18.1 Å². The van der Waals surface area contributed by atoms with E-state index in [1.165, 1.54) is 12.0 Å². The number of ether oxygens (including phenoxy) is 1. The van der Waals surface area contributed by atoms with Crippen molar-refractivity contribution in [1.82, 2.24) is 0 Å². The number of hydrogen-bond donors (Lipinski definition) is 0. The molecule has 0 spiro atoms. The molecule has 0 aliphatic heterocycles. The van der Waals surface area contributed by atoms with Gasteiger partial charge in [-0.1, -0.05) is 36.8 Å². The van der Waals surface area contributed by atoms with Crippen molar-refractivity contribution in [3.63, 3.8) is 0 Å². The van der Waals surface area contributed by atoms with Gasteiger partial charge < -0.3 is 4.74 Å². The van der Waals surface area contributed by atoms with Crippen molar-refractivity contribution in [2.45, 2.75) is 32.3 Å². The minimum atomic E-state index is -0.0588. The third kappa shape index (κ3) is 2.62. The molecule has 1 aromatic carbocycles. The first-order valence-corrected chi connectivity index (χ1v) is 5.88. The molecule has 2 nitrogen and oxygen atoms in total. The molecule has 1 aliphatic rings. The summed E-state index contributed by atoms with van der Waals surface area (Å²) in [6.07, 6.45) is 4.19. The summed E-state index contributed by atoms with van der Waals surface area (Å²) in [6.45, 7) is 1.35. The van der Waals surface area contributed by atoms with Gasteiger partial charge in [-0.15, -0.1) is 0 Å². The summed E-state index contributed by atoms with van der Waals surface area (Å²) < 4.78 is 5.60. The lowest BCUT2D eigenvalue weighted by Crippen LogP contribution is -2.28. The van der Waals surface area contributed by atoms with E-state index in [0.717, 1.165) is 19.3 Å². The largest absolute Gasteiger partial charge is 0.377 e. The summed E-state index contributed by atoms with van der Waals surface area (Å²) in [6, 6.07) is 12.6. The molecular weight excluding hydrogens is 198 g/mol. The highest BCUT2D eigenvalue weighted by atomic mass is 16.5. The molecule has 0 aromatic heterocycles. The second-order valence-electron chi connectivity index (χ2n) is 4.53. The van der Waals surface area contributed by atoms with Crippen LogP contribution < -0.4 is 0 Å². The molecule has 1 aliphatic carbocycles. The van der Waals surface area contributed by atoms with Crippen molar-refractivity contribution in [2.24, 2.45) is 5.41 Å². The Bertz CT molecular complexity index is 362. The first kappa shape index (κ1) is 11.2. The lowest BCUT2D eigenvalue weighted by Gasteiger charge is -2.34. The summed E-state index contributed by atoms with van der Waals surface area (Å²) in [4.78, 5) is 0. The van der Waals surface area contributed by atoms with Crippen molar-refractivity contribution in [2.75, 3.05) is 6.61 Å². The van der Waals surface area contributed by atoms with Crippen molar-refractivity contribution in [3.05, 3.63) is 35.9 Å². The van der Waals surface area contributed by atoms with Gasteiger partial charge in [0.15, 0.2) is 0 Å². The van der Waals surface area contributed by atoms with E-state index in [4.69, 9.17) is 10.00 Å². The van der Waals surface area contributed by atoms with Gasteiger partial charge in [0.2, 0.25) is 0 Å². The molecule has 1 saturated carbocycles. The Balaban J connectivity index is 1.68. The Morgan fingerprint density at radius 1 is 1.25 bits per heavy atom. The summed E-state index contributed by atoms with van der Waals surface area (Å²) in [5, 5.41) is 9.05. The van der Waals surface area contributed by atoms with Crippen LogP contribution in [0.4, 0.5) is 0 Å². The zero-order chi connectivity index (χ0) is 11.3. The van der Waals surface area contributed by atoms with E-state index in [1.54, 1.807) is 0 Å². The van der Waals surface area contributed by atoms with Gasteiger partial charge in [0.1, 0.15) is 0 Å². The van der Waals surface area contributed by atoms with Crippen LogP contribution in [0.2, 0.25) is 0 Å². The SMILES string of the molecule is N#CC1(CCOCc2ccccc2)CCC1. The molecule has 0 radical (unpaired) electrons. The fraction of sp³-hybridized carbons (Fsp3) is 0.500. The van der Waals surface area contributed by atoms with Crippen molar-refractivity contribution < 1.29 is 4.74 Å². The van der Waals surface area contributed by atoms with Crippen molar-refractivity contribution >= 4 is 0 Å². The van der Waals surface area contributed by atoms with Crippen LogP contribution in [0.15, 0.2) is 30.3 Å². The molecule has 0 amide bonds. The van der Waals surface area contributed by atoms with Crippen molar-refractivity contribution in [1.29, 1.82) is 5.26 Å². The monoisotopic (exact) mass is 215 g/mol. The van der Waals surface area contributed by atoms with Crippen LogP contribution in [0, 0.1) is 16.7 Å². The number of nitrogens with zero attached hydrogens (tertiary/aromatic N) is 1. The predicted molar refractivity (Wildman–Crippen MR) is 62.6 cm³/mol. The van der Waals surface area contributed by atoms with Crippen LogP contribution in [0.5, 0.6) is 0 Å². The number of nitriles is 1. The number of rotatable bonds is 5. The Labute approximate surface area is 96.9 Å². The Hall–Kier alpha value is -1.33. The van der Waals surface area contributed by atoms with Crippen LogP contribution in [-0.2, 0) is 11.3 Å². The minimum Gasteiger partial charge on any atom is -0.377 e. The second kappa shape index (κ2) is 5.14. The molecule has 0 unspecified atom stereocenters. The normalized spacial score (nSPS) is 17.4. The molecule has 2 heteroatoms. The van der Waals surface area contributed by atoms with Crippen LogP contribution in [0.25, 0.3) is 0 Å². The standard InChI is InChI=1S/C14H17NO/c15-12-14(7-4-8-14)9-10-16-11-13-5-2-1-3-6-13/h1-3,5-6H,4,7-11H2. The molecule has 2 rings (SSSR count). The number of benzene rings is 1. The molecule has 0 saturated heterocycles. The zero-order valence-corrected chi connectivity index (χ0v) is 9.48. The Morgan fingerprint density at radius 2 is 2.00 bits per heavy atom. The zero-order valence-electron chi connectivity index (χ0n) is 9.48. The molecule has 84 valence electrons. The molecule has 16 heavy (non-hydrogen) atoms. The van der Waals surface area contributed by atoms with Gasteiger partial charge in [-0.05, 0) is 24.8 Å². The summed E-state index contributed by atoms with van der Waals surface area (Å²) in [5.41, 5.74) is 1.14. The van der Waals surface area contributed by atoms with Crippen LogP contribution in [0.1, 0.15) is 31.2 Å². The van der Waals surface area contributed by atoms with Crippen LogP contribution >= 0.6 is 0 Å². The van der Waals surface area contributed by atoms with Gasteiger partial charge >= 0.3 is 0 Å². The van der Waals surface area contributed by atoms with Crippen LogP contribution in [-0.4, -0.2) is 6.61 Å². The first-order chi connectivity index (χ1) is 7.85. The molecule has 1 fully saturated rings. The second-order valence-corrected chi connectivity index (χ2v) is 4.53. The topological polar surface area (TPSA) is 33.0 Å². The summed E-state index contributed by atoms with van der Waals surface area (Å²) >= 11 is 0. The van der Waals surface area contributed by atoms with E-state index in [1.807, 2.05) is 18.2 Å². The smallest absolute Gasteiger partial charge is 0.0716 e. The highest BCUT2D eigenvalue weighted by Gasteiger charge is 2.36. The first-order valence-electron chi connectivity index (χ1n) is 5.88.